The van der Waals surface area contributed by atoms with Gasteiger partial charge in [-0.05, 0) is 51.5 Å². The molecule has 0 spiro atoms. The van der Waals surface area contributed by atoms with Gasteiger partial charge in [-0.1, -0.05) is 22.9 Å². The van der Waals surface area contributed by atoms with Crippen molar-refractivity contribution >= 4 is 37.7 Å². The van der Waals surface area contributed by atoms with Gasteiger partial charge in [-0.15, -0.1) is 0 Å². The van der Waals surface area contributed by atoms with Crippen LogP contribution in [0, 0.1) is 11.2 Å². The van der Waals surface area contributed by atoms with Gasteiger partial charge in [0.2, 0.25) is 0 Å². The normalized spacial score (nSPS) is 14.4. The number of halogens is 2. The number of carbonyl (C=O) groups is 1. The van der Waals surface area contributed by atoms with Crippen molar-refractivity contribution in [2.75, 3.05) is 5.75 Å². The van der Waals surface area contributed by atoms with Gasteiger partial charge in [-0.25, -0.2) is 17.6 Å². The average molecular weight is 451 g/mol. The maximum atomic E-state index is 14.0. The molecule has 0 aliphatic carbocycles. The molecular formula is C17H24BrFN2O4S. The van der Waals surface area contributed by atoms with Crippen molar-refractivity contribution in [2.24, 2.45) is 0 Å². The predicted octanol–water partition coefficient (Wildman–Crippen LogP) is 4.00. The molecule has 0 saturated heterocycles. The monoisotopic (exact) mass is 450 g/mol. The fourth-order valence-electron chi connectivity index (χ4n) is 2.22. The number of hydrogen-bond donors (Lipinski definition) is 2. The van der Waals surface area contributed by atoms with Crippen LogP contribution < -0.4 is 5.32 Å². The fraction of sp³-hybridized carbons (Fsp3) is 0.529. The molecule has 1 aromatic rings. The number of nitrogens with one attached hydrogen (secondary N) is 2. The van der Waals surface area contributed by atoms with Crippen LogP contribution in [0.3, 0.4) is 0 Å². The van der Waals surface area contributed by atoms with Gasteiger partial charge in [-0.2, -0.15) is 0 Å². The largest absolute Gasteiger partial charge is 0.444 e. The van der Waals surface area contributed by atoms with Crippen molar-refractivity contribution in [1.82, 2.24) is 5.32 Å². The summed E-state index contributed by atoms with van der Waals surface area (Å²) in [5.41, 5.74) is -0.495. The first-order valence-corrected chi connectivity index (χ1v) is 10.5. The third kappa shape index (κ3) is 6.68. The molecule has 0 aliphatic rings. The molecule has 1 aromatic carbocycles. The van der Waals surface area contributed by atoms with Crippen LogP contribution in [0.5, 0.6) is 0 Å². The van der Waals surface area contributed by atoms with E-state index < -0.39 is 50.1 Å². The molecule has 26 heavy (non-hydrogen) atoms. The number of rotatable bonds is 5. The molecule has 146 valence electrons. The topological polar surface area (TPSA) is 96.3 Å². The molecule has 6 nitrogen and oxygen atoms in total. The lowest BCUT2D eigenvalue weighted by atomic mass is 9.98. The van der Waals surface area contributed by atoms with Gasteiger partial charge in [0.25, 0.3) is 0 Å². The van der Waals surface area contributed by atoms with Gasteiger partial charge < -0.3 is 4.74 Å². The van der Waals surface area contributed by atoms with Gasteiger partial charge in [0.15, 0.2) is 9.84 Å². The Labute approximate surface area is 162 Å². The summed E-state index contributed by atoms with van der Waals surface area (Å²) in [6, 6.07) is 4.34. The summed E-state index contributed by atoms with van der Waals surface area (Å²) in [7, 11) is -3.80. The minimum atomic E-state index is -3.80. The van der Waals surface area contributed by atoms with E-state index in [0.717, 1.165) is 0 Å². The third-order valence-corrected chi connectivity index (χ3v) is 6.44. The van der Waals surface area contributed by atoms with Gasteiger partial charge in [0, 0.05) is 10.4 Å². The first kappa shape index (κ1) is 22.6. The fourth-order valence-corrected chi connectivity index (χ4v) is 4.11. The summed E-state index contributed by atoms with van der Waals surface area (Å²) in [5.74, 6) is -2.29. The summed E-state index contributed by atoms with van der Waals surface area (Å²) in [6.07, 6.45) is -0.892. The smallest absolute Gasteiger partial charge is 0.413 e. The van der Waals surface area contributed by atoms with Crippen LogP contribution in [0.15, 0.2) is 22.7 Å². The molecule has 0 radical (unpaired) electrons. The van der Waals surface area contributed by atoms with Crippen LogP contribution in [-0.4, -0.2) is 37.0 Å². The first-order chi connectivity index (χ1) is 11.7. The number of benzene rings is 1. The number of carbonyl (C=O) groups excluding carboxylic acids is 1. The summed E-state index contributed by atoms with van der Waals surface area (Å²) in [6.45, 7) is 8.04. The second-order valence-electron chi connectivity index (χ2n) is 7.07. The van der Waals surface area contributed by atoms with Crippen molar-refractivity contribution in [1.29, 1.82) is 5.41 Å². The van der Waals surface area contributed by atoms with E-state index in [2.05, 4.69) is 21.2 Å². The highest BCUT2D eigenvalue weighted by atomic mass is 79.9. The number of hydrogen-bond acceptors (Lipinski definition) is 5. The Morgan fingerprint density at radius 1 is 1.35 bits per heavy atom. The van der Waals surface area contributed by atoms with E-state index in [1.165, 1.54) is 25.1 Å². The second-order valence-corrected chi connectivity index (χ2v) is 10.3. The van der Waals surface area contributed by atoms with Crippen LogP contribution in [0.4, 0.5) is 9.18 Å². The minimum absolute atomic E-state index is 0.266. The van der Waals surface area contributed by atoms with Gasteiger partial charge in [0.1, 0.15) is 23.0 Å². The zero-order chi connectivity index (χ0) is 20.3. The zero-order valence-corrected chi connectivity index (χ0v) is 17.8. The maximum absolute atomic E-state index is 14.0. The predicted molar refractivity (Wildman–Crippen MR) is 103 cm³/mol. The van der Waals surface area contributed by atoms with Crippen LogP contribution in [-0.2, 0) is 14.6 Å². The second kappa shape index (κ2) is 8.47. The molecule has 0 aromatic heterocycles. The lowest BCUT2D eigenvalue weighted by Crippen LogP contribution is -2.40. The van der Waals surface area contributed by atoms with E-state index >= 15 is 0 Å². The molecule has 0 fully saturated rings. The highest BCUT2D eigenvalue weighted by molar-refractivity contribution is 9.10. The van der Waals surface area contributed by atoms with E-state index in [1.54, 1.807) is 27.7 Å². The maximum Gasteiger partial charge on any atom is 0.413 e. The van der Waals surface area contributed by atoms with Crippen LogP contribution in [0.25, 0.3) is 0 Å². The quantitative estimate of drug-likeness (QED) is 0.523. The van der Waals surface area contributed by atoms with E-state index in [1.807, 2.05) is 0 Å². The Hall–Kier alpha value is -1.48. The highest BCUT2D eigenvalue weighted by Gasteiger charge is 2.31. The molecule has 2 N–H and O–H groups in total. The lowest BCUT2D eigenvalue weighted by molar-refractivity contribution is 0.0562. The SMILES string of the molecule is CC([C@@H](C)c1cc(Br)ccc1F)S(=O)(=O)CC(=N)NC(=O)OC(C)(C)C. The van der Waals surface area contributed by atoms with E-state index in [9.17, 15) is 17.6 Å². The molecule has 0 saturated carbocycles. The summed E-state index contributed by atoms with van der Waals surface area (Å²) in [5, 5.41) is 8.88. The van der Waals surface area contributed by atoms with Gasteiger partial charge in [0.05, 0.1) is 5.25 Å². The molecule has 1 amide bonds. The van der Waals surface area contributed by atoms with Crippen LogP contribution >= 0.6 is 15.9 Å². The van der Waals surface area contributed by atoms with E-state index in [4.69, 9.17) is 10.1 Å². The summed E-state index contributed by atoms with van der Waals surface area (Å²) in [4.78, 5) is 11.6. The molecule has 1 unspecified atom stereocenters. The zero-order valence-electron chi connectivity index (χ0n) is 15.4. The van der Waals surface area contributed by atoms with Crippen molar-refractivity contribution in [3.63, 3.8) is 0 Å². The van der Waals surface area contributed by atoms with Crippen LogP contribution in [0.2, 0.25) is 0 Å². The number of sulfone groups is 1. The number of alkyl carbamates (subject to hydrolysis) is 1. The average Bonchev–Trinajstić information content (AvgIpc) is 2.45. The summed E-state index contributed by atoms with van der Waals surface area (Å²) < 4.78 is 44.8. The van der Waals surface area contributed by atoms with E-state index in [-0.39, 0.29) is 5.56 Å². The Balaban J connectivity index is 2.84. The van der Waals surface area contributed by atoms with Crippen molar-refractivity contribution in [3.05, 3.63) is 34.1 Å². The third-order valence-electron chi connectivity index (χ3n) is 3.72. The Morgan fingerprint density at radius 3 is 2.46 bits per heavy atom. The molecule has 0 bridgehead atoms. The van der Waals surface area contributed by atoms with E-state index in [0.29, 0.717) is 4.47 Å². The number of ether oxygens (including phenoxy) is 1. The Kier molecular flexibility index (Phi) is 7.35. The molecule has 1 rings (SSSR count). The first-order valence-electron chi connectivity index (χ1n) is 7.97. The summed E-state index contributed by atoms with van der Waals surface area (Å²) >= 11 is 3.24. The van der Waals surface area contributed by atoms with Crippen molar-refractivity contribution < 1.29 is 22.3 Å². The van der Waals surface area contributed by atoms with Crippen LogP contribution in [0.1, 0.15) is 46.1 Å². The van der Waals surface area contributed by atoms with Gasteiger partial charge in [-0.3, -0.25) is 10.7 Å². The Bertz CT molecular complexity index is 790. The lowest BCUT2D eigenvalue weighted by Gasteiger charge is -2.22. The minimum Gasteiger partial charge on any atom is -0.444 e. The molecule has 0 aliphatic heterocycles. The highest BCUT2D eigenvalue weighted by Crippen LogP contribution is 2.29. The molecule has 9 heteroatoms. The molecule has 0 heterocycles. The van der Waals surface area contributed by atoms with Gasteiger partial charge >= 0.3 is 6.09 Å². The molecular weight excluding hydrogens is 427 g/mol. The van der Waals surface area contributed by atoms with Crippen molar-refractivity contribution in [2.45, 2.75) is 51.4 Å². The standard InChI is InChI=1S/C17H24BrFN2O4S/c1-10(13-8-12(18)6-7-14(13)19)11(2)26(23,24)9-15(20)21-16(22)25-17(3,4)5/h6-8,10-11H,9H2,1-5H3,(H2,20,21,22)/t10-,11?/m1/s1. The van der Waals surface area contributed by atoms with Crippen molar-refractivity contribution in [3.8, 4) is 0 Å². The number of amides is 1. The Morgan fingerprint density at radius 2 is 1.92 bits per heavy atom. The number of amidine groups is 1. The molecule has 2 atom stereocenters.